The number of rotatable bonds is 0. The minimum Gasteiger partial charge on any atom is -0.393 e. The molecule has 2 fully saturated rings. The van der Waals surface area contributed by atoms with Gasteiger partial charge in [-0.25, -0.2) is 0 Å². The average molecular weight is 170 g/mol. The van der Waals surface area contributed by atoms with Gasteiger partial charge in [-0.2, -0.15) is 0 Å². The molecular formula is C10H18O2. The van der Waals surface area contributed by atoms with Crippen LogP contribution in [0.5, 0.6) is 0 Å². The molecule has 0 aliphatic heterocycles. The summed E-state index contributed by atoms with van der Waals surface area (Å²) in [6, 6.07) is 0. The summed E-state index contributed by atoms with van der Waals surface area (Å²) in [7, 11) is 0. The lowest BCUT2D eigenvalue weighted by molar-refractivity contribution is -0.0608. The summed E-state index contributed by atoms with van der Waals surface area (Å²) in [4.78, 5) is 0. The lowest BCUT2D eigenvalue weighted by Gasteiger charge is -2.41. The van der Waals surface area contributed by atoms with Crippen molar-refractivity contribution in [3.8, 4) is 0 Å². The van der Waals surface area contributed by atoms with Gasteiger partial charge in [0, 0.05) is 0 Å². The Bertz CT molecular complexity index is 140. The molecule has 0 spiro atoms. The van der Waals surface area contributed by atoms with Gasteiger partial charge in [0.1, 0.15) is 0 Å². The second-order valence-electron chi connectivity index (χ2n) is 4.32. The maximum absolute atomic E-state index is 9.71. The Kier molecular flexibility index (Phi) is 2.37. The van der Waals surface area contributed by atoms with Crippen molar-refractivity contribution >= 4 is 0 Å². The maximum atomic E-state index is 9.71. The normalized spacial score (nSPS) is 48.5. The van der Waals surface area contributed by atoms with Gasteiger partial charge in [-0.15, -0.1) is 0 Å². The van der Waals surface area contributed by atoms with Gasteiger partial charge in [-0.3, -0.25) is 0 Å². The third-order valence-corrected chi connectivity index (χ3v) is 3.62. The van der Waals surface area contributed by atoms with Gasteiger partial charge in [-0.1, -0.05) is 12.8 Å². The van der Waals surface area contributed by atoms with Crippen LogP contribution in [0, 0.1) is 11.8 Å². The highest BCUT2D eigenvalue weighted by Gasteiger charge is 2.38. The summed E-state index contributed by atoms with van der Waals surface area (Å²) >= 11 is 0. The van der Waals surface area contributed by atoms with Crippen molar-refractivity contribution in [2.24, 2.45) is 11.8 Å². The van der Waals surface area contributed by atoms with Crippen LogP contribution in [0.4, 0.5) is 0 Å². The summed E-state index contributed by atoms with van der Waals surface area (Å²) in [6.07, 6.45) is 6.10. The van der Waals surface area contributed by atoms with Gasteiger partial charge in [0.2, 0.25) is 0 Å². The van der Waals surface area contributed by atoms with Crippen LogP contribution in [0.2, 0.25) is 0 Å². The first-order chi connectivity index (χ1) is 5.79. The van der Waals surface area contributed by atoms with Crippen molar-refractivity contribution in [1.29, 1.82) is 0 Å². The number of fused-ring (bicyclic) bond motifs is 1. The van der Waals surface area contributed by atoms with E-state index in [0.29, 0.717) is 11.8 Å². The molecule has 0 bridgehead atoms. The van der Waals surface area contributed by atoms with E-state index in [0.717, 1.165) is 25.7 Å². The quantitative estimate of drug-likeness (QED) is 0.575. The van der Waals surface area contributed by atoms with Crippen molar-refractivity contribution in [2.75, 3.05) is 0 Å². The fourth-order valence-corrected chi connectivity index (χ4v) is 2.91. The van der Waals surface area contributed by atoms with Crippen LogP contribution in [0.25, 0.3) is 0 Å². The summed E-state index contributed by atoms with van der Waals surface area (Å²) < 4.78 is 0. The van der Waals surface area contributed by atoms with Gasteiger partial charge in [0.05, 0.1) is 12.2 Å². The maximum Gasteiger partial charge on any atom is 0.0573 e. The van der Waals surface area contributed by atoms with Crippen molar-refractivity contribution < 1.29 is 10.2 Å². The molecule has 70 valence electrons. The van der Waals surface area contributed by atoms with E-state index in [-0.39, 0.29) is 12.2 Å². The number of hydrogen-bond acceptors (Lipinski definition) is 2. The van der Waals surface area contributed by atoms with Crippen LogP contribution >= 0.6 is 0 Å². The van der Waals surface area contributed by atoms with Crippen molar-refractivity contribution in [2.45, 2.75) is 50.7 Å². The summed E-state index contributed by atoms with van der Waals surface area (Å²) in [5.41, 5.74) is 0. The predicted molar refractivity (Wildman–Crippen MR) is 46.7 cm³/mol. The van der Waals surface area contributed by atoms with E-state index in [1.807, 2.05) is 0 Å². The lowest BCUT2D eigenvalue weighted by Crippen LogP contribution is -2.42. The summed E-state index contributed by atoms with van der Waals surface area (Å²) in [5, 5.41) is 19.4. The molecule has 0 aromatic rings. The zero-order valence-electron chi connectivity index (χ0n) is 7.45. The molecule has 2 saturated carbocycles. The van der Waals surface area contributed by atoms with Crippen LogP contribution in [-0.4, -0.2) is 22.4 Å². The topological polar surface area (TPSA) is 40.5 Å². The first kappa shape index (κ1) is 8.52. The Morgan fingerprint density at radius 2 is 1.08 bits per heavy atom. The molecule has 12 heavy (non-hydrogen) atoms. The Balaban J connectivity index is 2.05. The molecule has 0 aromatic carbocycles. The summed E-state index contributed by atoms with van der Waals surface area (Å²) in [5.74, 6) is 0.810. The van der Waals surface area contributed by atoms with Gasteiger partial charge >= 0.3 is 0 Å². The molecule has 2 aliphatic carbocycles. The van der Waals surface area contributed by atoms with E-state index in [1.54, 1.807) is 0 Å². The summed E-state index contributed by atoms with van der Waals surface area (Å²) in [6.45, 7) is 0. The molecule has 0 aromatic heterocycles. The van der Waals surface area contributed by atoms with Crippen LogP contribution in [-0.2, 0) is 0 Å². The molecule has 2 aliphatic rings. The van der Waals surface area contributed by atoms with Crippen LogP contribution in [0.1, 0.15) is 38.5 Å². The smallest absolute Gasteiger partial charge is 0.0573 e. The second kappa shape index (κ2) is 3.35. The van der Waals surface area contributed by atoms with E-state index >= 15 is 0 Å². The van der Waals surface area contributed by atoms with Crippen LogP contribution in [0.3, 0.4) is 0 Å². The monoisotopic (exact) mass is 170 g/mol. The van der Waals surface area contributed by atoms with E-state index in [2.05, 4.69) is 0 Å². The molecule has 0 amide bonds. The number of hydrogen-bond donors (Lipinski definition) is 2. The predicted octanol–water partition coefficient (Wildman–Crippen LogP) is 1.31. The Hall–Kier alpha value is -0.0800. The first-order valence-corrected chi connectivity index (χ1v) is 5.15. The number of aliphatic hydroxyl groups is 2. The largest absolute Gasteiger partial charge is 0.393 e. The average Bonchev–Trinajstić information content (AvgIpc) is 2.12. The van der Waals surface area contributed by atoms with E-state index < -0.39 is 0 Å². The first-order valence-electron chi connectivity index (χ1n) is 5.15. The Morgan fingerprint density at radius 1 is 0.667 bits per heavy atom. The van der Waals surface area contributed by atoms with Gasteiger partial charge in [-0.05, 0) is 37.5 Å². The van der Waals surface area contributed by atoms with Gasteiger partial charge in [0.15, 0.2) is 0 Å². The lowest BCUT2D eigenvalue weighted by atomic mass is 9.68. The van der Waals surface area contributed by atoms with E-state index in [4.69, 9.17) is 0 Å². The van der Waals surface area contributed by atoms with Gasteiger partial charge < -0.3 is 10.2 Å². The zero-order valence-corrected chi connectivity index (χ0v) is 7.45. The molecule has 2 heteroatoms. The molecule has 2 nitrogen and oxygen atoms in total. The third-order valence-electron chi connectivity index (χ3n) is 3.62. The van der Waals surface area contributed by atoms with Gasteiger partial charge in [0.25, 0.3) is 0 Å². The molecule has 0 heterocycles. The molecule has 0 saturated heterocycles. The highest BCUT2D eigenvalue weighted by atomic mass is 16.3. The molecule has 4 atom stereocenters. The SMILES string of the molecule is O[C@@H]1CC[C@H](O)[C@@H]2CCCC[C@H]21. The minimum atomic E-state index is -0.126. The molecule has 0 radical (unpaired) electrons. The fraction of sp³-hybridized carbons (Fsp3) is 1.00. The standard InChI is InChI=1S/C10H18O2/c11-9-5-6-10(12)8-4-2-1-3-7(8)9/h7-12H,1-6H2/t7-,8-,9-,10+/m1/s1. The van der Waals surface area contributed by atoms with E-state index in [1.165, 1.54) is 12.8 Å². The van der Waals surface area contributed by atoms with Crippen molar-refractivity contribution in [3.63, 3.8) is 0 Å². The number of aliphatic hydroxyl groups excluding tert-OH is 2. The fourth-order valence-electron chi connectivity index (χ4n) is 2.91. The third kappa shape index (κ3) is 1.38. The minimum absolute atomic E-state index is 0.126. The van der Waals surface area contributed by atoms with E-state index in [9.17, 15) is 10.2 Å². The van der Waals surface area contributed by atoms with Crippen LogP contribution < -0.4 is 0 Å². The second-order valence-corrected chi connectivity index (χ2v) is 4.32. The highest BCUT2D eigenvalue weighted by Crippen LogP contribution is 2.40. The Labute approximate surface area is 73.6 Å². The highest BCUT2D eigenvalue weighted by molar-refractivity contribution is 4.89. The molecular weight excluding hydrogens is 152 g/mol. The zero-order chi connectivity index (χ0) is 8.55. The van der Waals surface area contributed by atoms with Crippen LogP contribution in [0.15, 0.2) is 0 Å². The molecule has 0 unspecified atom stereocenters. The molecule has 2 N–H and O–H groups in total. The molecule has 2 rings (SSSR count). The van der Waals surface area contributed by atoms with Crippen molar-refractivity contribution in [1.82, 2.24) is 0 Å². The Morgan fingerprint density at radius 3 is 1.50 bits per heavy atom. The van der Waals surface area contributed by atoms with Crippen molar-refractivity contribution in [3.05, 3.63) is 0 Å².